The summed E-state index contributed by atoms with van der Waals surface area (Å²) in [4.78, 5) is 20.5. The first kappa shape index (κ1) is 16.7. The monoisotopic (exact) mass is 355 g/mol. The molecule has 0 aliphatic heterocycles. The molecule has 0 atom stereocenters. The summed E-state index contributed by atoms with van der Waals surface area (Å²) in [6.07, 6.45) is 5.02. The molecule has 2 heterocycles. The van der Waals surface area contributed by atoms with E-state index in [-0.39, 0.29) is 5.91 Å². The molecular weight excluding hydrogens is 338 g/mol. The molecule has 0 fully saturated rings. The van der Waals surface area contributed by atoms with Crippen molar-refractivity contribution in [3.8, 4) is 11.5 Å². The van der Waals surface area contributed by atoms with Gasteiger partial charge in [-0.25, -0.2) is 4.98 Å². The Balaban J connectivity index is 1.38. The maximum absolute atomic E-state index is 11.9. The lowest BCUT2D eigenvalue weighted by Crippen LogP contribution is -2.20. The fraction of sp³-hybridized carbons (Fsp3) is 0.0455. The number of fused-ring (bicyclic) bond motifs is 1. The molecule has 2 aromatic carbocycles. The molecule has 0 unspecified atom stereocenters. The number of amides is 1. The van der Waals surface area contributed by atoms with E-state index in [2.05, 4.69) is 15.3 Å². The van der Waals surface area contributed by atoms with Crippen molar-refractivity contribution in [3.63, 3.8) is 0 Å². The molecule has 2 aromatic heterocycles. The highest BCUT2D eigenvalue weighted by molar-refractivity contribution is 5.91. The molecule has 0 saturated heterocycles. The standard InChI is InChI=1S/C22H17N3O2/c26-20(13-10-16-5-2-1-3-6-16)24-15-17-8-11-18(12-9-17)22-25-21-19(27-22)7-4-14-23-21/h1-14H,15H2,(H,24,26)/b13-10+. The Labute approximate surface area is 156 Å². The van der Waals surface area contributed by atoms with E-state index in [9.17, 15) is 4.79 Å². The Hall–Kier alpha value is -3.73. The molecule has 1 N–H and O–H groups in total. The third-order valence-corrected chi connectivity index (χ3v) is 4.06. The van der Waals surface area contributed by atoms with Crippen molar-refractivity contribution >= 4 is 23.2 Å². The van der Waals surface area contributed by atoms with Gasteiger partial charge in [0.05, 0.1) is 0 Å². The van der Waals surface area contributed by atoms with Crippen LogP contribution < -0.4 is 5.32 Å². The Kier molecular flexibility index (Phi) is 4.74. The van der Waals surface area contributed by atoms with Gasteiger partial charge in [0.2, 0.25) is 11.8 Å². The van der Waals surface area contributed by atoms with Gasteiger partial charge in [0, 0.05) is 24.4 Å². The summed E-state index contributed by atoms with van der Waals surface area (Å²) in [5.74, 6) is 0.401. The van der Waals surface area contributed by atoms with Crippen LogP contribution in [-0.2, 0) is 11.3 Å². The first-order chi connectivity index (χ1) is 13.3. The molecule has 0 spiro atoms. The molecule has 0 radical (unpaired) electrons. The predicted molar refractivity (Wildman–Crippen MR) is 105 cm³/mol. The number of nitrogens with zero attached hydrogens (tertiary/aromatic N) is 2. The number of carbonyl (C=O) groups excluding carboxylic acids is 1. The van der Waals surface area contributed by atoms with E-state index in [0.717, 1.165) is 16.7 Å². The fourth-order valence-corrected chi connectivity index (χ4v) is 2.64. The minimum absolute atomic E-state index is 0.132. The van der Waals surface area contributed by atoms with E-state index in [0.29, 0.717) is 23.7 Å². The molecule has 0 aliphatic carbocycles. The lowest BCUT2D eigenvalue weighted by atomic mass is 10.1. The average molecular weight is 355 g/mol. The van der Waals surface area contributed by atoms with Crippen LogP contribution in [-0.4, -0.2) is 15.9 Å². The Morgan fingerprint density at radius 1 is 1.00 bits per heavy atom. The van der Waals surface area contributed by atoms with Gasteiger partial charge in [-0.2, -0.15) is 4.98 Å². The number of hydrogen-bond donors (Lipinski definition) is 1. The molecule has 0 saturated carbocycles. The molecule has 4 aromatic rings. The lowest BCUT2D eigenvalue weighted by Gasteiger charge is -2.03. The number of oxazole rings is 1. The van der Waals surface area contributed by atoms with Gasteiger partial charge >= 0.3 is 0 Å². The summed E-state index contributed by atoms with van der Waals surface area (Å²) in [6, 6.07) is 21.1. The second-order valence-electron chi connectivity index (χ2n) is 6.00. The molecule has 132 valence electrons. The average Bonchev–Trinajstić information content (AvgIpc) is 3.16. The lowest BCUT2D eigenvalue weighted by molar-refractivity contribution is -0.116. The summed E-state index contributed by atoms with van der Waals surface area (Å²) in [5, 5.41) is 2.88. The fourth-order valence-electron chi connectivity index (χ4n) is 2.64. The van der Waals surface area contributed by atoms with Gasteiger partial charge in [0.15, 0.2) is 11.2 Å². The van der Waals surface area contributed by atoms with Crippen LogP contribution in [0.2, 0.25) is 0 Å². The molecule has 5 heteroatoms. The third kappa shape index (κ3) is 4.10. The zero-order chi connectivity index (χ0) is 18.5. The second-order valence-corrected chi connectivity index (χ2v) is 6.00. The van der Waals surface area contributed by atoms with E-state index in [4.69, 9.17) is 4.42 Å². The van der Waals surface area contributed by atoms with Gasteiger partial charge in [-0.15, -0.1) is 0 Å². The van der Waals surface area contributed by atoms with E-state index < -0.39 is 0 Å². The van der Waals surface area contributed by atoms with Crippen LogP contribution in [0.25, 0.3) is 28.8 Å². The van der Waals surface area contributed by atoms with Gasteiger partial charge < -0.3 is 9.73 Å². The number of pyridine rings is 1. The molecule has 4 rings (SSSR count). The number of carbonyl (C=O) groups is 1. The van der Waals surface area contributed by atoms with Crippen molar-refractivity contribution in [1.82, 2.24) is 15.3 Å². The van der Waals surface area contributed by atoms with Crippen LogP contribution in [0.3, 0.4) is 0 Å². The summed E-state index contributed by atoms with van der Waals surface area (Å²) >= 11 is 0. The maximum Gasteiger partial charge on any atom is 0.244 e. The molecule has 0 bridgehead atoms. The largest absolute Gasteiger partial charge is 0.434 e. The SMILES string of the molecule is O=C(/C=C/c1ccccc1)NCc1ccc(-c2nc3ncccc3o2)cc1. The molecule has 1 amide bonds. The van der Waals surface area contributed by atoms with E-state index >= 15 is 0 Å². The first-order valence-corrected chi connectivity index (χ1v) is 8.60. The predicted octanol–water partition coefficient (Wildman–Crippen LogP) is 4.22. The zero-order valence-corrected chi connectivity index (χ0v) is 14.5. The van der Waals surface area contributed by atoms with Crippen molar-refractivity contribution in [3.05, 3.63) is 90.1 Å². The van der Waals surface area contributed by atoms with Crippen molar-refractivity contribution < 1.29 is 9.21 Å². The molecule has 27 heavy (non-hydrogen) atoms. The highest BCUT2D eigenvalue weighted by Crippen LogP contribution is 2.23. The number of hydrogen-bond acceptors (Lipinski definition) is 4. The number of benzene rings is 2. The summed E-state index contributed by atoms with van der Waals surface area (Å²) in [5.41, 5.74) is 4.11. The van der Waals surface area contributed by atoms with Crippen LogP contribution in [0.1, 0.15) is 11.1 Å². The van der Waals surface area contributed by atoms with Gasteiger partial charge in [-0.1, -0.05) is 42.5 Å². The number of aromatic nitrogens is 2. The third-order valence-electron chi connectivity index (χ3n) is 4.06. The highest BCUT2D eigenvalue weighted by atomic mass is 16.3. The highest BCUT2D eigenvalue weighted by Gasteiger charge is 2.08. The number of rotatable bonds is 5. The van der Waals surface area contributed by atoms with E-state index in [1.165, 1.54) is 6.08 Å². The summed E-state index contributed by atoms with van der Waals surface area (Å²) in [7, 11) is 0. The normalized spacial score (nSPS) is 11.1. The van der Waals surface area contributed by atoms with Crippen molar-refractivity contribution in [1.29, 1.82) is 0 Å². The number of nitrogens with one attached hydrogen (secondary N) is 1. The van der Waals surface area contributed by atoms with Gasteiger partial charge in [-0.3, -0.25) is 4.79 Å². The molecule has 5 nitrogen and oxygen atoms in total. The van der Waals surface area contributed by atoms with Gasteiger partial charge in [0.1, 0.15) is 0 Å². The summed E-state index contributed by atoms with van der Waals surface area (Å²) < 4.78 is 5.71. The van der Waals surface area contributed by atoms with E-state index in [1.807, 2.05) is 66.7 Å². The van der Waals surface area contributed by atoms with Gasteiger partial charge in [0.25, 0.3) is 0 Å². The van der Waals surface area contributed by atoms with Crippen LogP contribution in [0.5, 0.6) is 0 Å². The molecule has 0 aliphatic rings. The quantitative estimate of drug-likeness (QED) is 0.544. The topological polar surface area (TPSA) is 68.0 Å². The minimum atomic E-state index is -0.132. The smallest absolute Gasteiger partial charge is 0.244 e. The Morgan fingerprint density at radius 3 is 2.59 bits per heavy atom. The van der Waals surface area contributed by atoms with Crippen molar-refractivity contribution in [2.45, 2.75) is 6.54 Å². The molecular formula is C22H17N3O2. The van der Waals surface area contributed by atoms with E-state index in [1.54, 1.807) is 12.3 Å². The van der Waals surface area contributed by atoms with Crippen molar-refractivity contribution in [2.24, 2.45) is 0 Å². The minimum Gasteiger partial charge on any atom is -0.434 e. The van der Waals surface area contributed by atoms with Crippen LogP contribution >= 0.6 is 0 Å². The Morgan fingerprint density at radius 2 is 1.81 bits per heavy atom. The second kappa shape index (κ2) is 7.66. The van der Waals surface area contributed by atoms with Crippen LogP contribution in [0.15, 0.2) is 83.4 Å². The maximum atomic E-state index is 11.9. The van der Waals surface area contributed by atoms with Gasteiger partial charge in [-0.05, 0) is 41.5 Å². The summed E-state index contributed by atoms with van der Waals surface area (Å²) in [6.45, 7) is 0.452. The van der Waals surface area contributed by atoms with Crippen molar-refractivity contribution in [2.75, 3.05) is 0 Å². The van der Waals surface area contributed by atoms with Crippen LogP contribution in [0, 0.1) is 0 Å². The first-order valence-electron chi connectivity index (χ1n) is 8.60. The zero-order valence-electron chi connectivity index (χ0n) is 14.5. The Bertz CT molecular complexity index is 1050. The van der Waals surface area contributed by atoms with Crippen LogP contribution in [0.4, 0.5) is 0 Å².